The van der Waals surface area contributed by atoms with Crippen LogP contribution in [0.4, 0.5) is 26.2 Å². The molecular weight excluding hydrogens is 468 g/mol. The van der Waals surface area contributed by atoms with Crippen LogP contribution in [0.2, 0.25) is 5.02 Å². The fraction of sp³-hybridized carbons (Fsp3) is 0.227. The molecule has 0 unspecified atom stereocenters. The van der Waals surface area contributed by atoms with E-state index >= 15 is 4.39 Å². The third-order valence-corrected chi connectivity index (χ3v) is 5.97. The summed E-state index contributed by atoms with van der Waals surface area (Å²) in [5.74, 6) is -1.88. The third-order valence-electron chi connectivity index (χ3n) is 5.78. The Morgan fingerprint density at radius 2 is 1.82 bits per heavy atom. The van der Waals surface area contributed by atoms with E-state index in [1.165, 1.54) is 24.7 Å². The second-order valence-corrected chi connectivity index (χ2v) is 8.29. The molecule has 4 aromatic rings. The first-order valence-electron chi connectivity index (χ1n) is 10.4. The number of carbonyl (C=O) groups is 1. The summed E-state index contributed by atoms with van der Waals surface area (Å²) >= 11 is 5.86. The molecule has 0 bridgehead atoms. The van der Waals surface area contributed by atoms with E-state index in [1.54, 1.807) is 17.0 Å². The molecule has 174 valence electrons. The highest BCUT2D eigenvalue weighted by molar-refractivity contribution is 6.30. The summed E-state index contributed by atoms with van der Waals surface area (Å²) in [4.78, 5) is 29.9. The smallest absolute Gasteiger partial charge is 0.335 e. The number of hydrogen-bond acceptors (Lipinski definition) is 7. The summed E-state index contributed by atoms with van der Waals surface area (Å²) in [5, 5.41) is 12.4. The average Bonchev–Trinajstić information content (AvgIpc) is 3.18. The predicted molar refractivity (Wildman–Crippen MR) is 122 cm³/mol. The standard InChI is InChI=1S/C22H18ClF2N7O2/c23-13-8-26-22(27-9-13)31-5-3-14(4-6-31)32-10-16(25)18-19(28-11-29-20(18)32)30-17-2-1-12(21(33)34)7-15(17)24/h1-2,7-11,14H,3-6H2,(H,33,34)(H,28,29,30). The fourth-order valence-corrected chi connectivity index (χ4v) is 4.20. The Morgan fingerprint density at radius 3 is 2.50 bits per heavy atom. The highest BCUT2D eigenvalue weighted by Crippen LogP contribution is 2.33. The second kappa shape index (κ2) is 8.82. The van der Waals surface area contributed by atoms with Crippen LogP contribution in [0.25, 0.3) is 11.0 Å². The topological polar surface area (TPSA) is 109 Å². The van der Waals surface area contributed by atoms with E-state index in [2.05, 4.69) is 25.3 Å². The lowest BCUT2D eigenvalue weighted by atomic mass is 10.1. The van der Waals surface area contributed by atoms with Crippen molar-refractivity contribution in [3.05, 3.63) is 65.3 Å². The van der Waals surface area contributed by atoms with Crippen LogP contribution in [0.5, 0.6) is 0 Å². The number of carboxylic acids is 1. The quantitative estimate of drug-likeness (QED) is 0.427. The van der Waals surface area contributed by atoms with E-state index in [0.717, 1.165) is 6.07 Å². The first kappa shape index (κ1) is 22.0. The summed E-state index contributed by atoms with van der Waals surface area (Å²) < 4.78 is 31.2. The van der Waals surface area contributed by atoms with Gasteiger partial charge in [0.05, 0.1) is 34.1 Å². The zero-order chi connectivity index (χ0) is 23.8. The summed E-state index contributed by atoms with van der Waals surface area (Å²) in [5.41, 5.74) is 0.177. The van der Waals surface area contributed by atoms with Crippen LogP contribution in [0.1, 0.15) is 29.2 Å². The number of aromatic nitrogens is 5. The van der Waals surface area contributed by atoms with Crippen LogP contribution in [0, 0.1) is 11.6 Å². The lowest BCUT2D eigenvalue weighted by molar-refractivity contribution is 0.0696. The maximum absolute atomic E-state index is 15.0. The van der Waals surface area contributed by atoms with E-state index in [-0.39, 0.29) is 28.5 Å². The fourth-order valence-electron chi connectivity index (χ4n) is 4.10. The van der Waals surface area contributed by atoms with Crippen LogP contribution in [0.15, 0.2) is 43.1 Å². The molecule has 0 amide bonds. The highest BCUT2D eigenvalue weighted by atomic mass is 35.5. The Hall–Kier alpha value is -3.86. The van der Waals surface area contributed by atoms with Crippen molar-refractivity contribution >= 4 is 46.1 Å². The molecule has 1 aliphatic heterocycles. The Labute approximate surface area is 197 Å². The lowest BCUT2D eigenvalue weighted by Gasteiger charge is -2.32. The van der Waals surface area contributed by atoms with Gasteiger partial charge in [-0.15, -0.1) is 0 Å². The molecule has 1 aliphatic rings. The number of piperidine rings is 1. The molecule has 0 radical (unpaired) electrons. The van der Waals surface area contributed by atoms with Crippen molar-refractivity contribution in [3.8, 4) is 0 Å². The van der Waals surface area contributed by atoms with E-state index in [4.69, 9.17) is 16.7 Å². The number of fused-ring (bicyclic) bond motifs is 1. The minimum atomic E-state index is -1.24. The molecule has 4 heterocycles. The van der Waals surface area contributed by atoms with Gasteiger partial charge < -0.3 is 19.9 Å². The van der Waals surface area contributed by atoms with Gasteiger partial charge in [0.2, 0.25) is 5.95 Å². The summed E-state index contributed by atoms with van der Waals surface area (Å²) in [6.45, 7) is 1.34. The molecule has 9 nitrogen and oxygen atoms in total. The van der Waals surface area contributed by atoms with Gasteiger partial charge >= 0.3 is 5.97 Å². The number of aromatic carboxylic acids is 1. The Morgan fingerprint density at radius 1 is 1.09 bits per heavy atom. The number of nitrogens with zero attached hydrogens (tertiary/aromatic N) is 6. The molecule has 1 saturated heterocycles. The minimum absolute atomic E-state index is 0.00936. The first-order chi connectivity index (χ1) is 16.4. The number of rotatable bonds is 5. The van der Waals surface area contributed by atoms with Crippen molar-refractivity contribution in [2.45, 2.75) is 18.9 Å². The summed E-state index contributed by atoms with van der Waals surface area (Å²) in [6.07, 6.45) is 7.19. The zero-order valence-corrected chi connectivity index (χ0v) is 18.4. The first-order valence-corrected chi connectivity index (χ1v) is 10.8. The van der Waals surface area contributed by atoms with E-state index in [1.807, 2.05) is 4.90 Å². The lowest BCUT2D eigenvalue weighted by Crippen LogP contribution is -2.35. The van der Waals surface area contributed by atoms with Crippen LogP contribution >= 0.6 is 11.6 Å². The van der Waals surface area contributed by atoms with Gasteiger partial charge in [-0.1, -0.05) is 11.6 Å². The van der Waals surface area contributed by atoms with Crippen LogP contribution in [-0.2, 0) is 0 Å². The molecule has 12 heteroatoms. The molecule has 0 aliphatic carbocycles. The van der Waals surface area contributed by atoms with Crippen LogP contribution in [-0.4, -0.2) is 48.7 Å². The normalized spacial score (nSPS) is 14.5. The van der Waals surface area contributed by atoms with Crippen molar-refractivity contribution in [2.75, 3.05) is 23.3 Å². The van der Waals surface area contributed by atoms with Crippen LogP contribution < -0.4 is 10.2 Å². The molecular formula is C22H18ClF2N7O2. The number of halogens is 3. The summed E-state index contributed by atoms with van der Waals surface area (Å²) in [6, 6.07) is 3.41. The van der Waals surface area contributed by atoms with Gasteiger partial charge in [-0.2, -0.15) is 0 Å². The molecule has 2 N–H and O–H groups in total. The predicted octanol–water partition coefficient (Wildman–Crippen LogP) is 4.44. The molecule has 1 fully saturated rings. The van der Waals surface area contributed by atoms with Gasteiger partial charge in [-0.25, -0.2) is 33.5 Å². The number of carboxylic acid groups (broad SMARTS) is 1. The second-order valence-electron chi connectivity index (χ2n) is 7.85. The maximum atomic E-state index is 15.0. The minimum Gasteiger partial charge on any atom is -0.478 e. The van der Waals surface area contributed by atoms with Gasteiger partial charge in [0.25, 0.3) is 0 Å². The van der Waals surface area contributed by atoms with Gasteiger partial charge in [0, 0.05) is 25.3 Å². The van der Waals surface area contributed by atoms with Crippen LogP contribution in [0.3, 0.4) is 0 Å². The third kappa shape index (κ3) is 4.10. The van der Waals surface area contributed by atoms with Gasteiger partial charge in [-0.3, -0.25) is 0 Å². The van der Waals surface area contributed by atoms with Crippen molar-refractivity contribution in [1.82, 2.24) is 24.5 Å². The van der Waals surface area contributed by atoms with E-state index in [0.29, 0.717) is 42.5 Å². The molecule has 0 saturated carbocycles. The Kier molecular flexibility index (Phi) is 5.70. The van der Waals surface area contributed by atoms with E-state index in [9.17, 15) is 9.18 Å². The number of hydrogen-bond donors (Lipinski definition) is 2. The largest absolute Gasteiger partial charge is 0.478 e. The molecule has 3 aromatic heterocycles. The van der Waals surface area contributed by atoms with Crippen molar-refractivity contribution in [2.24, 2.45) is 0 Å². The Bertz CT molecular complexity index is 1370. The van der Waals surface area contributed by atoms with Gasteiger partial charge in [0.1, 0.15) is 23.6 Å². The summed E-state index contributed by atoms with van der Waals surface area (Å²) in [7, 11) is 0. The molecule has 5 rings (SSSR count). The molecule has 0 atom stereocenters. The zero-order valence-electron chi connectivity index (χ0n) is 17.6. The monoisotopic (exact) mass is 485 g/mol. The van der Waals surface area contributed by atoms with E-state index < -0.39 is 17.6 Å². The molecule has 34 heavy (non-hydrogen) atoms. The highest BCUT2D eigenvalue weighted by Gasteiger charge is 2.26. The number of nitrogens with one attached hydrogen (secondary N) is 1. The number of benzene rings is 1. The van der Waals surface area contributed by atoms with Gasteiger partial charge in [-0.05, 0) is 31.0 Å². The van der Waals surface area contributed by atoms with Crippen molar-refractivity contribution < 1.29 is 18.7 Å². The maximum Gasteiger partial charge on any atom is 0.335 e. The SMILES string of the molecule is O=C(O)c1ccc(Nc2ncnc3c2c(F)cn3C2CCN(c3ncc(Cl)cn3)CC2)c(F)c1. The van der Waals surface area contributed by atoms with Crippen molar-refractivity contribution in [1.29, 1.82) is 0 Å². The van der Waals surface area contributed by atoms with Gasteiger partial charge in [0.15, 0.2) is 5.82 Å². The number of anilines is 3. The Balaban J connectivity index is 1.39. The molecule has 1 aromatic carbocycles. The van der Waals surface area contributed by atoms with Crippen molar-refractivity contribution in [3.63, 3.8) is 0 Å². The average molecular weight is 486 g/mol. The molecule has 0 spiro atoms.